The maximum absolute atomic E-state index is 10.7. The van der Waals surface area contributed by atoms with Gasteiger partial charge in [-0.25, -0.2) is 0 Å². The van der Waals surface area contributed by atoms with E-state index in [-0.39, 0.29) is 0 Å². The lowest BCUT2D eigenvalue weighted by Gasteiger charge is -2.36. The average molecular weight is 287 g/mol. The average Bonchev–Trinajstić information content (AvgIpc) is 2.52. The summed E-state index contributed by atoms with van der Waals surface area (Å²) in [7, 11) is 0. The molecule has 0 radical (unpaired) electrons. The summed E-state index contributed by atoms with van der Waals surface area (Å²) in [6, 6.07) is 12.1. The molecule has 1 heterocycles. The summed E-state index contributed by atoms with van der Waals surface area (Å²) in [6.07, 6.45) is 1.58. The van der Waals surface area contributed by atoms with Gasteiger partial charge in [-0.05, 0) is 31.9 Å². The highest BCUT2D eigenvalue weighted by Crippen LogP contribution is 2.27. The molecule has 1 unspecified atom stereocenters. The maximum Gasteiger partial charge on any atom is 0.0938 e. The van der Waals surface area contributed by atoms with Crippen molar-refractivity contribution in [3.63, 3.8) is 0 Å². The summed E-state index contributed by atoms with van der Waals surface area (Å²) in [5, 5.41) is 11.8. The molecule has 0 amide bonds. The largest absolute Gasteiger partial charge is 0.390 e. The third-order valence-electron chi connectivity index (χ3n) is 4.29. The number of aromatic nitrogens is 1. The number of hydrogen-bond donors (Lipinski definition) is 1. The molecule has 0 spiro atoms. The number of benzene rings is 1. The fourth-order valence-corrected chi connectivity index (χ4v) is 2.92. The van der Waals surface area contributed by atoms with Gasteiger partial charge in [0.15, 0.2) is 0 Å². The Morgan fingerprint density at radius 2 is 1.81 bits per heavy atom. The lowest BCUT2D eigenvalue weighted by atomic mass is 9.87. The van der Waals surface area contributed by atoms with Gasteiger partial charge >= 0.3 is 0 Å². The van der Waals surface area contributed by atoms with Gasteiger partial charge in [0.05, 0.1) is 17.2 Å². The predicted molar refractivity (Wildman–Crippen MR) is 86.4 cm³/mol. The molecule has 0 fully saturated rings. The van der Waals surface area contributed by atoms with E-state index in [0.717, 1.165) is 29.4 Å². The van der Waals surface area contributed by atoms with Crippen molar-refractivity contribution in [2.45, 2.75) is 51.7 Å². The summed E-state index contributed by atoms with van der Waals surface area (Å²) in [6.45, 7) is 6.72. The van der Waals surface area contributed by atoms with Gasteiger partial charge in [0.2, 0.25) is 0 Å². The molecule has 2 rings (SSSR count). The van der Waals surface area contributed by atoms with E-state index in [9.17, 15) is 5.11 Å². The number of para-hydroxylation sites is 1. The molecule has 0 saturated carbocycles. The van der Waals surface area contributed by atoms with E-state index < -0.39 is 11.7 Å². The van der Waals surface area contributed by atoms with E-state index in [2.05, 4.69) is 24.9 Å². The molecule has 2 aromatic rings. The van der Waals surface area contributed by atoms with Crippen LogP contribution in [0.5, 0.6) is 0 Å². The van der Waals surface area contributed by atoms with E-state index in [1.807, 2.05) is 37.3 Å². The van der Waals surface area contributed by atoms with Crippen molar-refractivity contribution in [3.05, 3.63) is 42.1 Å². The van der Waals surface area contributed by atoms with Crippen LogP contribution >= 0.6 is 0 Å². The minimum Gasteiger partial charge on any atom is -0.390 e. The number of pyridine rings is 1. The SMILES string of the molecule is CCOC(CC)(CC)C(O)Cc1ccc2ccccc2n1. The Morgan fingerprint density at radius 1 is 1.10 bits per heavy atom. The number of fused-ring (bicyclic) bond motifs is 1. The van der Waals surface area contributed by atoms with Gasteiger partial charge in [0.25, 0.3) is 0 Å². The number of hydrogen-bond acceptors (Lipinski definition) is 3. The van der Waals surface area contributed by atoms with Crippen LogP contribution in [0.1, 0.15) is 39.3 Å². The minimum absolute atomic E-state index is 0.470. The van der Waals surface area contributed by atoms with Crippen molar-refractivity contribution in [1.29, 1.82) is 0 Å². The molecular formula is C18H25NO2. The second-order valence-corrected chi connectivity index (χ2v) is 5.42. The first-order valence-corrected chi connectivity index (χ1v) is 7.82. The van der Waals surface area contributed by atoms with Crippen LogP contribution < -0.4 is 0 Å². The van der Waals surface area contributed by atoms with Crippen LogP contribution in [0.25, 0.3) is 10.9 Å². The minimum atomic E-state index is -0.541. The molecule has 1 N–H and O–H groups in total. The van der Waals surface area contributed by atoms with Crippen LogP contribution in [0.2, 0.25) is 0 Å². The number of aliphatic hydroxyl groups excluding tert-OH is 1. The second kappa shape index (κ2) is 7.01. The van der Waals surface area contributed by atoms with Crippen molar-refractivity contribution in [2.24, 2.45) is 0 Å². The Kier molecular flexibility index (Phi) is 5.32. The van der Waals surface area contributed by atoms with Gasteiger partial charge in [0, 0.05) is 24.1 Å². The number of ether oxygens (including phenoxy) is 1. The van der Waals surface area contributed by atoms with Crippen molar-refractivity contribution in [3.8, 4) is 0 Å². The molecular weight excluding hydrogens is 262 g/mol. The summed E-state index contributed by atoms with van der Waals surface area (Å²) in [4.78, 5) is 4.64. The molecule has 0 aliphatic carbocycles. The Labute approximate surface area is 127 Å². The molecule has 0 aliphatic rings. The highest BCUT2D eigenvalue weighted by molar-refractivity contribution is 5.78. The lowest BCUT2D eigenvalue weighted by molar-refractivity contribution is -0.124. The Bertz CT molecular complexity index is 578. The van der Waals surface area contributed by atoms with Gasteiger partial charge in [0.1, 0.15) is 0 Å². The van der Waals surface area contributed by atoms with Crippen LogP contribution in [-0.4, -0.2) is 28.4 Å². The highest BCUT2D eigenvalue weighted by Gasteiger charge is 2.35. The van der Waals surface area contributed by atoms with Gasteiger partial charge in [-0.1, -0.05) is 38.1 Å². The van der Waals surface area contributed by atoms with E-state index in [0.29, 0.717) is 13.0 Å². The summed E-state index contributed by atoms with van der Waals surface area (Å²) < 4.78 is 5.87. The van der Waals surface area contributed by atoms with Gasteiger partial charge in [-0.2, -0.15) is 0 Å². The third kappa shape index (κ3) is 3.42. The molecule has 0 saturated heterocycles. The molecule has 21 heavy (non-hydrogen) atoms. The van der Waals surface area contributed by atoms with Gasteiger partial charge < -0.3 is 9.84 Å². The third-order valence-corrected chi connectivity index (χ3v) is 4.29. The van der Waals surface area contributed by atoms with Crippen molar-refractivity contribution in [2.75, 3.05) is 6.61 Å². The molecule has 0 bridgehead atoms. The molecule has 3 nitrogen and oxygen atoms in total. The predicted octanol–water partition coefficient (Wildman–Crippen LogP) is 3.73. The Hall–Kier alpha value is -1.45. The number of aliphatic hydroxyl groups is 1. The zero-order chi connectivity index (χ0) is 15.3. The highest BCUT2D eigenvalue weighted by atomic mass is 16.5. The first kappa shape index (κ1) is 15.9. The maximum atomic E-state index is 10.7. The summed E-state index contributed by atoms with van der Waals surface area (Å²) in [5.41, 5.74) is 1.41. The summed E-state index contributed by atoms with van der Waals surface area (Å²) in [5.74, 6) is 0. The van der Waals surface area contributed by atoms with Crippen LogP contribution in [0.3, 0.4) is 0 Å². The fraction of sp³-hybridized carbons (Fsp3) is 0.500. The fourth-order valence-electron chi connectivity index (χ4n) is 2.92. The van der Waals surface area contributed by atoms with E-state index in [1.54, 1.807) is 0 Å². The van der Waals surface area contributed by atoms with E-state index >= 15 is 0 Å². The standard InChI is InChI=1S/C18H25NO2/c1-4-18(5-2,21-6-3)17(20)13-15-12-11-14-9-7-8-10-16(14)19-15/h7-12,17,20H,4-6,13H2,1-3H3. The molecule has 1 aromatic heterocycles. The van der Waals surface area contributed by atoms with Crippen LogP contribution in [0.15, 0.2) is 36.4 Å². The molecule has 3 heteroatoms. The normalized spacial score (nSPS) is 13.5. The van der Waals surface area contributed by atoms with Crippen LogP contribution in [-0.2, 0) is 11.2 Å². The zero-order valence-corrected chi connectivity index (χ0v) is 13.2. The lowest BCUT2D eigenvalue weighted by Crippen LogP contribution is -2.45. The van der Waals surface area contributed by atoms with Crippen molar-refractivity contribution < 1.29 is 9.84 Å². The second-order valence-electron chi connectivity index (χ2n) is 5.42. The number of nitrogens with zero attached hydrogens (tertiary/aromatic N) is 1. The smallest absolute Gasteiger partial charge is 0.0938 e. The quantitative estimate of drug-likeness (QED) is 0.843. The van der Waals surface area contributed by atoms with E-state index in [1.165, 1.54) is 0 Å². The van der Waals surface area contributed by atoms with Crippen LogP contribution in [0, 0.1) is 0 Å². The van der Waals surface area contributed by atoms with E-state index in [4.69, 9.17) is 4.74 Å². The molecule has 1 atom stereocenters. The zero-order valence-electron chi connectivity index (χ0n) is 13.2. The first-order valence-electron chi connectivity index (χ1n) is 7.82. The topological polar surface area (TPSA) is 42.4 Å². The van der Waals surface area contributed by atoms with Crippen molar-refractivity contribution >= 4 is 10.9 Å². The Morgan fingerprint density at radius 3 is 2.48 bits per heavy atom. The summed E-state index contributed by atoms with van der Waals surface area (Å²) >= 11 is 0. The first-order chi connectivity index (χ1) is 10.1. The van der Waals surface area contributed by atoms with Gasteiger partial charge in [-0.3, -0.25) is 4.98 Å². The molecule has 0 aliphatic heterocycles. The Balaban J connectivity index is 2.21. The van der Waals surface area contributed by atoms with Crippen molar-refractivity contribution in [1.82, 2.24) is 4.98 Å². The number of rotatable bonds is 7. The monoisotopic (exact) mass is 287 g/mol. The van der Waals surface area contributed by atoms with Crippen LogP contribution in [0.4, 0.5) is 0 Å². The molecule has 1 aromatic carbocycles. The van der Waals surface area contributed by atoms with Gasteiger partial charge in [-0.15, -0.1) is 0 Å². The molecule has 114 valence electrons.